The van der Waals surface area contributed by atoms with Gasteiger partial charge in [-0.25, -0.2) is 0 Å². The van der Waals surface area contributed by atoms with Crippen molar-refractivity contribution >= 4 is 0 Å². The number of benzene rings is 2. The number of pyridine rings is 1. The van der Waals surface area contributed by atoms with Gasteiger partial charge in [0.05, 0.1) is 35.6 Å². The third-order valence-electron chi connectivity index (χ3n) is 6.02. The highest BCUT2D eigenvalue weighted by atomic mass is 19.4. The Labute approximate surface area is 199 Å². The van der Waals surface area contributed by atoms with Crippen molar-refractivity contribution in [2.75, 3.05) is 6.54 Å². The minimum atomic E-state index is -4.90. The summed E-state index contributed by atoms with van der Waals surface area (Å²) >= 11 is 0. The van der Waals surface area contributed by atoms with Crippen LogP contribution in [-0.4, -0.2) is 22.5 Å². The quantitative estimate of drug-likeness (QED) is 0.344. The number of piperidine rings is 1. The van der Waals surface area contributed by atoms with E-state index in [1.807, 2.05) is 48.5 Å². The molecule has 0 bridgehead atoms. The molecule has 0 spiro atoms. The molecule has 35 heavy (non-hydrogen) atoms. The lowest BCUT2D eigenvalue weighted by molar-refractivity contribution is -0.143. The third-order valence-corrected chi connectivity index (χ3v) is 6.02. The lowest BCUT2D eigenvalue weighted by Crippen LogP contribution is -2.42. The van der Waals surface area contributed by atoms with Gasteiger partial charge in [0.1, 0.15) is 0 Å². The summed E-state index contributed by atoms with van der Waals surface area (Å²) < 4.78 is 85.6. The first-order valence-corrected chi connectivity index (χ1v) is 11.2. The van der Waals surface area contributed by atoms with E-state index in [9.17, 15) is 26.3 Å². The van der Waals surface area contributed by atoms with E-state index in [1.54, 1.807) is 6.20 Å². The number of ether oxygens (including phenoxy) is 1. The molecule has 0 saturated carbocycles. The van der Waals surface area contributed by atoms with Crippen molar-refractivity contribution in [3.05, 3.63) is 101 Å². The van der Waals surface area contributed by atoms with E-state index in [-0.39, 0.29) is 24.3 Å². The molecule has 2 aromatic carbocycles. The highest BCUT2D eigenvalue weighted by molar-refractivity contribution is 5.33. The fraction of sp³-hybridized carbons (Fsp3) is 0.346. The van der Waals surface area contributed by atoms with Gasteiger partial charge in [-0.1, -0.05) is 36.4 Å². The van der Waals surface area contributed by atoms with E-state index in [1.165, 1.54) is 0 Å². The van der Waals surface area contributed by atoms with Crippen LogP contribution < -0.4 is 0 Å². The molecular weight excluding hydrogens is 470 g/mol. The summed E-state index contributed by atoms with van der Waals surface area (Å²) in [5.74, 6) is 0. The Kier molecular flexibility index (Phi) is 7.47. The van der Waals surface area contributed by atoms with Crippen LogP contribution in [0.25, 0.3) is 0 Å². The molecule has 1 aliphatic heterocycles. The van der Waals surface area contributed by atoms with Gasteiger partial charge >= 0.3 is 12.4 Å². The predicted molar refractivity (Wildman–Crippen MR) is 118 cm³/mol. The van der Waals surface area contributed by atoms with E-state index in [0.717, 1.165) is 36.4 Å². The van der Waals surface area contributed by atoms with Crippen molar-refractivity contribution in [3.8, 4) is 0 Å². The van der Waals surface area contributed by atoms with Gasteiger partial charge in [-0.15, -0.1) is 0 Å². The molecule has 186 valence electrons. The minimum Gasteiger partial charge on any atom is -0.372 e. The molecule has 2 heterocycles. The third kappa shape index (κ3) is 6.41. The summed E-state index contributed by atoms with van der Waals surface area (Å²) in [7, 11) is 0. The summed E-state index contributed by atoms with van der Waals surface area (Å²) in [6.45, 7) is 0.943. The normalized spacial score (nSPS) is 19.6. The van der Waals surface area contributed by atoms with Crippen molar-refractivity contribution in [1.82, 2.24) is 9.88 Å². The van der Waals surface area contributed by atoms with E-state index in [0.29, 0.717) is 13.0 Å². The zero-order valence-electron chi connectivity index (χ0n) is 18.7. The maximum absolute atomic E-state index is 13.3. The first-order valence-electron chi connectivity index (χ1n) is 11.2. The van der Waals surface area contributed by atoms with Gasteiger partial charge in [-0.3, -0.25) is 9.88 Å². The zero-order chi connectivity index (χ0) is 25.1. The smallest absolute Gasteiger partial charge is 0.372 e. The Hall–Kier alpha value is -2.91. The summed E-state index contributed by atoms with van der Waals surface area (Å²) in [4.78, 5) is 6.58. The van der Waals surface area contributed by atoms with Crippen LogP contribution in [0.1, 0.15) is 46.8 Å². The molecule has 2 unspecified atom stereocenters. The van der Waals surface area contributed by atoms with E-state index < -0.39 is 29.6 Å². The monoisotopic (exact) mass is 494 g/mol. The molecule has 4 rings (SSSR count). The first kappa shape index (κ1) is 25.2. The Morgan fingerprint density at radius 1 is 0.857 bits per heavy atom. The fourth-order valence-corrected chi connectivity index (χ4v) is 4.46. The second-order valence-corrected chi connectivity index (χ2v) is 8.55. The summed E-state index contributed by atoms with van der Waals surface area (Å²) in [6.07, 6.45) is -7.10. The molecule has 3 nitrogen and oxygen atoms in total. The summed E-state index contributed by atoms with van der Waals surface area (Å²) in [5.41, 5.74) is -1.02. The molecule has 3 aromatic rings. The number of likely N-dealkylation sites (tertiary alicyclic amines) is 1. The number of hydrogen-bond acceptors (Lipinski definition) is 3. The summed E-state index contributed by atoms with van der Waals surface area (Å²) in [5, 5.41) is 0. The van der Waals surface area contributed by atoms with Crippen molar-refractivity contribution in [1.29, 1.82) is 0 Å². The van der Waals surface area contributed by atoms with E-state index >= 15 is 0 Å². The minimum absolute atomic E-state index is 0.130. The van der Waals surface area contributed by atoms with Gasteiger partial charge in [0.2, 0.25) is 0 Å². The van der Waals surface area contributed by atoms with Crippen LogP contribution in [0.5, 0.6) is 0 Å². The number of halogens is 6. The van der Waals surface area contributed by atoms with Crippen LogP contribution in [0.3, 0.4) is 0 Å². The maximum atomic E-state index is 13.3. The van der Waals surface area contributed by atoms with Crippen molar-refractivity contribution in [2.24, 2.45) is 0 Å². The largest absolute Gasteiger partial charge is 0.416 e. The first-order chi connectivity index (χ1) is 16.6. The molecule has 0 amide bonds. The Morgan fingerprint density at radius 3 is 2.11 bits per heavy atom. The zero-order valence-corrected chi connectivity index (χ0v) is 18.7. The SMILES string of the molecule is FC(F)(F)c1cc(COC2CCCN(Cc3ccccn3)C2c2ccccc2)cc(C(F)(F)F)c1. The average Bonchev–Trinajstić information content (AvgIpc) is 2.83. The molecule has 1 aromatic heterocycles. The lowest BCUT2D eigenvalue weighted by atomic mass is 9.92. The van der Waals surface area contributed by atoms with Gasteiger partial charge in [0, 0.05) is 12.7 Å². The molecule has 9 heteroatoms. The number of rotatable bonds is 6. The van der Waals surface area contributed by atoms with Gasteiger partial charge in [0.15, 0.2) is 0 Å². The molecular formula is C26H24F6N2O. The highest BCUT2D eigenvalue weighted by Gasteiger charge is 2.38. The molecule has 1 fully saturated rings. The number of hydrogen-bond donors (Lipinski definition) is 0. The topological polar surface area (TPSA) is 25.4 Å². The lowest BCUT2D eigenvalue weighted by Gasteiger charge is -2.41. The van der Waals surface area contributed by atoms with Gasteiger partial charge in [0.25, 0.3) is 0 Å². The predicted octanol–water partition coefficient (Wildman–Crippen LogP) is 7.04. The van der Waals surface area contributed by atoms with Crippen LogP contribution in [-0.2, 0) is 30.2 Å². The molecule has 0 N–H and O–H groups in total. The van der Waals surface area contributed by atoms with E-state index in [2.05, 4.69) is 9.88 Å². The summed E-state index contributed by atoms with van der Waals surface area (Å²) in [6, 6.07) is 16.5. The average molecular weight is 494 g/mol. The molecule has 0 aliphatic carbocycles. The number of alkyl halides is 6. The molecule has 1 saturated heterocycles. The molecule has 1 aliphatic rings. The van der Waals surface area contributed by atoms with E-state index in [4.69, 9.17) is 4.74 Å². The number of aromatic nitrogens is 1. The Bertz CT molecular complexity index is 1070. The molecule has 2 atom stereocenters. The highest BCUT2D eigenvalue weighted by Crippen LogP contribution is 2.38. The van der Waals surface area contributed by atoms with Crippen molar-refractivity contribution in [3.63, 3.8) is 0 Å². The standard InChI is InChI=1S/C26H24F6N2O/c27-25(28,29)20-13-18(14-21(15-20)26(30,31)32)17-35-23-10-6-12-34(16-22-9-4-5-11-33-22)24(23)19-7-2-1-3-8-19/h1-5,7-9,11,13-15,23-24H,6,10,12,16-17H2. The van der Waals surface area contributed by atoms with Gasteiger partial charge in [-0.2, -0.15) is 26.3 Å². The van der Waals surface area contributed by atoms with Crippen molar-refractivity contribution in [2.45, 2.75) is 50.5 Å². The van der Waals surface area contributed by atoms with Crippen LogP contribution in [0.15, 0.2) is 72.9 Å². The maximum Gasteiger partial charge on any atom is 0.416 e. The second kappa shape index (κ2) is 10.4. The van der Waals surface area contributed by atoms with Crippen LogP contribution >= 0.6 is 0 Å². The van der Waals surface area contributed by atoms with Crippen LogP contribution in [0.2, 0.25) is 0 Å². The number of nitrogens with zero attached hydrogens (tertiary/aromatic N) is 2. The van der Waals surface area contributed by atoms with Gasteiger partial charge < -0.3 is 4.74 Å². The van der Waals surface area contributed by atoms with Crippen LogP contribution in [0, 0.1) is 0 Å². The molecule has 0 radical (unpaired) electrons. The van der Waals surface area contributed by atoms with Crippen molar-refractivity contribution < 1.29 is 31.1 Å². The Morgan fingerprint density at radius 2 is 1.51 bits per heavy atom. The fourth-order valence-electron chi connectivity index (χ4n) is 4.46. The van der Waals surface area contributed by atoms with Crippen LogP contribution in [0.4, 0.5) is 26.3 Å². The second-order valence-electron chi connectivity index (χ2n) is 8.55. The van der Waals surface area contributed by atoms with Gasteiger partial charge in [-0.05, 0) is 60.8 Å². The Balaban J connectivity index is 1.60.